The van der Waals surface area contributed by atoms with Gasteiger partial charge >= 0.3 is 6.18 Å². The summed E-state index contributed by atoms with van der Waals surface area (Å²) in [6, 6.07) is 2.14. The number of aromatic nitrogens is 1. The van der Waals surface area contributed by atoms with Crippen molar-refractivity contribution in [2.75, 3.05) is 31.1 Å². The smallest absolute Gasteiger partial charge is 0.372 e. The zero-order valence-electron chi connectivity index (χ0n) is 13.4. The monoisotopic (exact) mass is 343 g/mol. The van der Waals surface area contributed by atoms with Crippen molar-refractivity contribution >= 4 is 11.7 Å². The highest BCUT2D eigenvalue weighted by atomic mass is 19.4. The van der Waals surface area contributed by atoms with Gasteiger partial charge in [0.1, 0.15) is 5.82 Å². The molecule has 2 fully saturated rings. The van der Waals surface area contributed by atoms with Gasteiger partial charge in [0, 0.05) is 25.3 Å². The predicted octanol–water partition coefficient (Wildman–Crippen LogP) is 2.28. The van der Waals surface area contributed by atoms with Crippen LogP contribution < -0.4 is 10.2 Å². The normalized spacial score (nSPS) is 21.5. The van der Waals surface area contributed by atoms with Crippen LogP contribution in [0.4, 0.5) is 19.0 Å². The molecule has 8 heteroatoms. The number of amides is 1. The summed E-state index contributed by atoms with van der Waals surface area (Å²) in [4.78, 5) is 17.8. The first-order valence-corrected chi connectivity index (χ1v) is 7.99. The number of pyridine rings is 1. The van der Waals surface area contributed by atoms with Gasteiger partial charge in [-0.2, -0.15) is 13.2 Å². The molecule has 0 atom stereocenters. The molecule has 132 valence electrons. The van der Waals surface area contributed by atoms with E-state index in [-0.39, 0.29) is 5.91 Å². The van der Waals surface area contributed by atoms with E-state index in [0.717, 1.165) is 12.1 Å². The summed E-state index contributed by atoms with van der Waals surface area (Å²) in [5.41, 5.74) is -0.853. The minimum Gasteiger partial charge on any atom is -0.372 e. The molecule has 0 saturated carbocycles. The Labute approximate surface area is 138 Å². The maximum absolute atomic E-state index is 13.0. The molecule has 0 unspecified atom stereocenters. The number of aryl methyl sites for hydroxylation is 1. The van der Waals surface area contributed by atoms with E-state index in [1.54, 1.807) is 6.92 Å². The average molecular weight is 343 g/mol. The van der Waals surface area contributed by atoms with Gasteiger partial charge in [-0.25, -0.2) is 4.98 Å². The Morgan fingerprint density at radius 2 is 2.00 bits per heavy atom. The Kier molecular flexibility index (Phi) is 4.42. The number of halogens is 3. The lowest BCUT2D eigenvalue weighted by Gasteiger charge is -2.41. The summed E-state index contributed by atoms with van der Waals surface area (Å²) in [5, 5.41) is 2.78. The van der Waals surface area contributed by atoms with E-state index in [1.807, 2.05) is 4.90 Å². The second-order valence-electron chi connectivity index (χ2n) is 6.40. The number of hydrogen-bond acceptors (Lipinski definition) is 4. The van der Waals surface area contributed by atoms with Crippen molar-refractivity contribution in [3.63, 3.8) is 0 Å². The lowest BCUT2D eigenvalue weighted by atomic mass is 9.87. The van der Waals surface area contributed by atoms with Gasteiger partial charge in [0.2, 0.25) is 5.91 Å². The number of nitrogens with zero attached hydrogens (tertiary/aromatic N) is 2. The highest BCUT2D eigenvalue weighted by Gasteiger charge is 2.39. The quantitative estimate of drug-likeness (QED) is 0.850. The van der Waals surface area contributed by atoms with E-state index >= 15 is 0 Å². The number of nitrogens with one attached hydrogen (secondary N) is 1. The third-order valence-corrected chi connectivity index (χ3v) is 4.58. The highest BCUT2D eigenvalue weighted by molar-refractivity contribution is 5.77. The van der Waals surface area contributed by atoms with Crippen molar-refractivity contribution in [2.45, 2.75) is 38.0 Å². The van der Waals surface area contributed by atoms with Gasteiger partial charge in [-0.15, -0.1) is 0 Å². The SMILES string of the molecule is Cc1cc(C(F)(F)F)cc(N2CCC3(CC2)CC(=O)NCCO3)n1. The van der Waals surface area contributed by atoms with E-state index in [2.05, 4.69) is 10.3 Å². The summed E-state index contributed by atoms with van der Waals surface area (Å²) in [6.45, 7) is 3.55. The zero-order valence-corrected chi connectivity index (χ0v) is 13.4. The fourth-order valence-corrected chi connectivity index (χ4v) is 3.31. The van der Waals surface area contributed by atoms with Crippen LogP contribution >= 0.6 is 0 Å². The van der Waals surface area contributed by atoms with Crippen LogP contribution in [0.15, 0.2) is 12.1 Å². The first-order chi connectivity index (χ1) is 11.3. The Bertz CT molecular complexity index is 625. The summed E-state index contributed by atoms with van der Waals surface area (Å²) in [6.07, 6.45) is -2.90. The van der Waals surface area contributed by atoms with Crippen molar-refractivity contribution in [3.05, 3.63) is 23.4 Å². The molecule has 0 aliphatic carbocycles. The largest absolute Gasteiger partial charge is 0.416 e. The fourth-order valence-electron chi connectivity index (χ4n) is 3.31. The lowest BCUT2D eigenvalue weighted by Crippen LogP contribution is -2.47. The van der Waals surface area contributed by atoms with Crippen LogP contribution in [-0.2, 0) is 15.7 Å². The average Bonchev–Trinajstić information content (AvgIpc) is 2.68. The van der Waals surface area contributed by atoms with Crippen LogP contribution in [0.3, 0.4) is 0 Å². The summed E-state index contributed by atoms with van der Waals surface area (Å²) in [5.74, 6) is 0.296. The molecule has 24 heavy (non-hydrogen) atoms. The molecule has 5 nitrogen and oxygen atoms in total. The Hall–Kier alpha value is -1.83. The summed E-state index contributed by atoms with van der Waals surface area (Å²) < 4.78 is 44.8. The summed E-state index contributed by atoms with van der Waals surface area (Å²) >= 11 is 0. The van der Waals surface area contributed by atoms with Crippen molar-refractivity contribution < 1.29 is 22.7 Å². The van der Waals surface area contributed by atoms with E-state index in [9.17, 15) is 18.0 Å². The number of ether oxygens (including phenoxy) is 1. The fraction of sp³-hybridized carbons (Fsp3) is 0.625. The minimum absolute atomic E-state index is 0.0333. The molecular formula is C16H20F3N3O2. The van der Waals surface area contributed by atoms with Crippen LogP contribution in [0.1, 0.15) is 30.5 Å². The van der Waals surface area contributed by atoms with Crippen LogP contribution in [0.25, 0.3) is 0 Å². The zero-order chi connectivity index (χ0) is 17.4. The van der Waals surface area contributed by atoms with E-state index < -0.39 is 17.3 Å². The van der Waals surface area contributed by atoms with Crippen LogP contribution in [0.2, 0.25) is 0 Å². The van der Waals surface area contributed by atoms with Gasteiger partial charge in [-0.3, -0.25) is 4.79 Å². The number of hydrogen-bond donors (Lipinski definition) is 1. The molecule has 1 amide bonds. The van der Waals surface area contributed by atoms with E-state index in [4.69, 9.17) is 4.74 Å². The van der Waals surface area contributed by atoms with E-state index in [0.29, 0.717) is 57.0 Å². The molecule has 3 heterocycles. The molecule has 0 aromatic carbocycles. The molecule has 0 radical (unpaired) electrons. The number of rotatable bonds is 1. The van der Waals surface area contributed by atoms with E-state index in [1.165, 1.54) is 0 Å². The molecule has 0 bridgehead atoms. The second kappa shape index (κ2) is 6.23. The molecule has 1 aromatic rings. The van der Waals surface area contributed by atoms with Gasteiger partial charge in [0.15, 0.2) is 0 Å². The number of carbonyl (C=O) groups excluding carboxylic acids is 1. The molecule has 2 aliphatic rings. The third-order valence-electron chi connectivity index (χ3n) is 4.58. The topological polar surface area (TPSA) is 54.5 Å². The summed E-state index contributed by atoms with van der Waals surface area (Å²) in [7, 11) is 0. The molecule has 2 saturated heterocycles. The van der Waals surface area contributed by atoms with Crippen LogP contribution in [0, 0.1) is 6.92 Å². The first-order valence-electron chi connectivity index (χ1n) is 7.99. The van der Waals surface area contributed by atoms with Crippen molar-refractivity contribution in [1.29, 1.82) is 0 Å². The van der Waals surface area contributed by atoms with Crippen molar-refractivity contribution in [3.8, 4) is 0 Å². The maximum atomic E-state index is 13.0. The Morgan fingerprint density at radius 1 is 1.29 bits per heavy atom. The number of carbonyl (C=O) groups is 1. The molecule has 3 rings (SSSR count). The molecule has 1 aromatic heterocycles. The minimum atomic E-state index is -4.39. The molecule has 1 spiro atoms. The lowest BCUT2D eigenvalue weighted by molar-refractivity contribution is -0.137. The molecular weight excluding hydrogens is 323 g/mol. The number of piperidine rings is 1. The highest BCUT2D eigenvalue weighted by Crippen LogP contribution is 2.35. The van der Waals surface area contributed by atoms with Crippen molar-refractivity contribution in [1.82, 2.24) is 10.3 Å². The number of alkyl halides is 3. The van der Waals surface area contributed by atoms with Crippen LogP contribution in [0.5, 0.6) is 0 Å². The van der Waals surface area contributed by atoms with Crippen molar-refractivity contribution in [2.24, 2.45) is 0 Å². The Morgan fingerprint density at radius 3 is 2.67 bits per heavy atom. The third kappa shape index (κ3) is 3.63. The standard InChI is InChI=1S/C16H20F3N3O2/c1-11-8-12(16(17,18)19)9-13(21-11)22-5-2-15(3-6-22)10-14(23)20-4-7-24-15/h8-9H,2-7,10H2,1H3,(H,20,23). The van der Waals surface area contributed by atoms with Crippen LogP contribution in [-0.4, -0.2) is 42.7 Å². The van der Waals surface area contributed by atoms with Gasteiger partial charge in [0.25, 0.3) is 0 Å². The van der Waals surface area contributed by atoms with Gasteiger partial charge in [-0.05, 0) is 31.9 Å². The van der Waals surface area contributed by atoms with Gasteiger partial charge in [-0.1, -0.05) is 0 Å². The van der Waals surface area contributed by atoms with Gasteiger partial charge < -0.3 is 15.0 Å². The maximum Gasteiger partial charge on any atom is 0.416 e. The Balaban J connectivity index is 1.75. The predicted molar refractivity (Wildman–Crippen MR) is 81.7 cm³/mol. The second-order valence-corrected chi connectivity index (χ2v) is 6.40. The first kappa shape index (κ1) is 17.0. The number of anilines is 1. The van der Waals surface area contributed by atoms with Gasteiger partial charge in [0.05, 0.1) is 24.2 Å². The molecule has 2 aliphatic heterocycles. The molecule has 1 N–H and O–H groups in total.